The zero-order valence-electron chi connectivity index (χ0n) is 10.2. The molecular formula is C13H18ClNO2. The fourth-order valence-corrected chi connectivity index (χ4v) is 1.71. The van der Waals surface area contributed by atoms with Gasteiger partial charge < -0.3 is 5.11 Å². The Bertz CT molecular complexity index is 364. The van der Waals surface area contributed by atoms with Crippen LogP contribution < -0.4 is 0 Å². The van der Waals surface area contributed by atoms with Crippen molar-refractivity contribution < 1.29 is 9.90 Å². The van der Waals surface area contributed by atoms with Gasteiger partial charge in [0.1, 0.15) is 0 Å². The summed E-state index contributed by atoms with van der Waals surface area (Å²) >= 11 is 5.82. The molecule has 0 saturated heterocycles. The number of aliphatic carboxylic acids is 1. The quantitative estimate of drug-likeness (QED) is 0.850. The molecule has 1 rings (SSSR count). The van der Waals surface area contributed by atoms with Crippen molar-refractivity contribution in [3.8, 4) is 0 Å². The minimum Gasteiger partial charge on any atom is -0.481 e. The SMILES string of the molecule is CC(CCC(=O)O)N(C)Cc1ccc(Cl)cc1. The Kier molecular flexibility index (Phi) is 5.45. The van der Waals surface area contributed by atoms with Gasteiger partial charge in [-0.2, -0.15) is 0 Å². The predicted octanol–water partition coefficient (Wildman–Crippen LogP) is 3.03. The number of benzene rings is 1. The summed E-state index contributed by atoms with van der Waals surface area (Å²) in [7, 11) is 2.00. The van der Waals surface area contributed by atoms with Crippen LogP contribution >= 0.6 is 11.6 Å². The van der Waals surface area contributed by atoms with Crippen molar-refractivity contribution in [2.24, 2.45) is 0 Å². The van der Waals surface area contributed by atoms with Crippen LogP contribution in [0.5, 0.6) is 0 Å². The third kappa shape index (κ3) is 5.20. The summed E-state index contributed by atoms with van der Waals surface area (Å²) in [5, 5.41) is 9.36. The normalized spacial score (nSPS) is 12.7. The second-order valence-corrected chi connectivity index (χ2v) is 4.76. The van der Waals surface area contributed by atoms with Gasteiger partial charge in [0.15, 0.2) is 0 Å². The molecule has 0 aliphatic rings. The molecule has 3 nitrogen and oxygen atoms in total. The number of hydrogen-bond donors (Lipinski definition) is 1. The van der Waals surface area contributed by atoms with E-state index in [0.29, 0.717) is 6.42 Å². The summed E-state index contributed by atoms with van der Waals surface area (Å²) in [6, 6.07) is 7.96. The van der Waals surface area contributed by atoms with Gasteiger partial charge >= 0.3 is 5.97 Å². The van der Waals surface area contributed by atoms with E-state index >= 15 is 0 Å². The Labute approximate surface area is 107 Å². The second kappa shape index (κ2) is 6.62. The van der Waals surface area contributed by atoms with Crippen molar-refractivity contribution in [2.75, 3.05) is 7.05 Å². The summed E-state index contributed by atoms with van der Waals surface area (Å²) in [6.07, 6.45) is 0.881. The van der Waals surface area contributed by atoms with Gasteiger partial charge in [0.2, 0.25) is 0 Å². The van der Waals surface area contributed by atoms with Crippen LogP contribution in [0.1, 0.15) is 25.3 Å². The molecule has 4 heteroatoms. The van der Waals surface area contributed by atoms with Crippen LogP contribution in [0.3, 0.4) is 0 Å². The van der Waals surface area contributed by atoms with Gasteiger partial charge in [-0.3, -0.25) is 9.69 Å². The van der Waals surface area contributed by atoms with Gasteiger partial charge in [0, 0.05) is 24.0 Å². The topological polar surface area (TPSA) is 40.5 Å². The van der Waals surface area contributed by atoms with Crippen LogP contribution in [0, 0.1) is 0 Å². The van der Waals surface area contributed by atoms with Crippen molar-refractivity contribution in [3.63, 3.8) is 0 Å². The molecule has 0 bridgehead atoms. The summed E-state index contributed by atoms with van der Waals surface area (Å²) in [5.74, 6) is -0.739. The Balaban J connectivity index is 2.45. The highest BCUT2D eigenvalue weighted by Crippen LogP contribution is 2.13. The van der Waals surface area contributed by atoms with Crippen molar-refractivity contribution in [1.29, 1.82) is 0 Å². The molecule has 1 aromatic carbocycles. The minimum atomic E-state index is -0.739. The van der Waals surface area contributed by atoms with Crippen LogP contribution in [0.25, 0.3) is 0 Å². The van der Waals surface area contributed by atoms with Crippen molar-refractivity contribution in [1.82, 2.24) is 4.90 Å². The van der Waals surface area contributed by atoms with Gasteiger partial charge in [-0.1, -0.05) is 23.7 Å². The van der Waals surface area contributed by atoms with Crippen molar-refractivity contribution in [3.05, 3.63) is 34.9 Å². The first-order valence-electron chi connectivity index (χ1n) is 5.65. The van der Waals surface area contributed by atoms with E-state index in [9.17, 15) is 4.79 Å². The van der Waals surface area contributed by atoms with E-state index in [4.69, 9.17) is 16.7 Å². The maximum absolute atomic E-state index is 10.5. The number of carbonyl (C=O) groups is 1. The number of carboxylic acids is 1. The number of nitrogens with zero attached hydrogens (tertiary/aromatic N) is 1. The molecule has 1 unspecified atom stereocenters. The van der Waals surface area contributed by atoms with Crippen LogP contribution in [-0.2, 0) is 11.3 Å². The second-order valence-electron chi connectivity index (χ2n) is 4.32. The van der Waals surface area contributed by atoms with Gasteiger partial charge in [0.05, 0.1) is 0 Å². The molecule has 1 N–H and O–H groups in total. The molecule has 0 aliphatic heterocycles. The van der Waals surface area contributed by atoms with Gasteiger partial charge in [-0.15, -0.1) is 0 Å². The molecule has 94 valence electrons. The molecule has 0 aliphatic carbocycles. The number of carboxylic acid groups (broad SMARTS) is 1. The Morgan fingerprint density at radius 3 is 2.53 bits per heavy atom. The third-order valence-corrected chi connectivity index (χ3v) is 3.13. The van der Waals surface area contributed by atoms with Crippen LogP contribution in [0.4, 0.5) is 0 Å². The first-order valence-corrected chi connectivity index (χ1v) is 6.03. The third-order valence-electron chi connectivity index (χ3n) is 2.87. The van der Waals surface area contributed by atoms with E-state index in [0.717, 1.165) is 11.6 Å². The summed E-state index contributed by atoms with van der Waals surface area (Å²) in [5.41, 5.74) is 1.18. The first kappa shape index (κ1) is 14.0. The molecule has 0 spiro atoms. The predicted molar refractivity (Wildman–Crippen MR) is 69.3 cm³/mol. The van der Waals surface area contributed by atoms with Crippen LogP contribution in [0.15, 0.2) is 24.3 Å². The smallest absolute Gasteiger partial charge is 0.303 e. The van der Waals surface area contributed by atoms with E-state index in [2.05, 4.69) is 4.90 Å². The molecule has 0 amide bonds. The fraction of sp³-hybridized carbons (Fsp3) is 0.462. The monoisotopic (exact) mass is 255 g/mol. The summed E-state index contributed by atoms with van der Waals surface area (Å²) in [6.45, 7) is 2.84. The standard InChI is InChI=1S/C13H18ClNO2/c1-10(3-8-13(16)17)15(2)9-11-4-6-12(14)7-5-11/h4-7,10H,3,8-9H2,1-2H3,(H,16,17). The molecule has 0 heterocycles. The van der Waals surface area contributed by atoms with E-state index in [1.54, 1.807) is 0 Å². The lowest BCUT2D eigenvalue weighted by atomic mass is 10.1. The molecule has 1 aromatic rings. The van der Waals surface area contributed by atoms with Crippen LogP contribution in [-0.4, -0.2) is 29.1 Å². The number of rotatable bonds is 6. The highest BCUT2D eigenvalue weighted by Gasteiger charge is 2.11. The average molecular weight is 256 g/mol. The molecular weight excluding hydrogens is 238 g/mol. The molecule has 1 atom stereocenters. The zero-order chi connectivity index (χ0) is 12.8. The summed E-state index contributed by atoms with van der Waals surface area (Å²) in [4.78, 5) is 12.6. The molecule has 0 saturated carbocycles. The highest BCUT2D eigenvalue weighted by atomic mass is 35.5. The highest BCUT2D eigenvalue weighted by molar-refractivity contribution is 6.30. The largest absolute Gasteiger partial charge is 0.481 e. The number of hydrogen-bond acceptors (Lipinski definition) is 2. The van der Waals surface area contributed by atoms with E-state index in [1.807, 2.05) is 38.2 Å². The lowest BCUT2D eigenvalue weighted by Crippen LogP contribution is -2.29. The molecule has 0 radical (unpaired) electrons. The summed E-state index contributed by atoms with van der Waals surface area (Å²) < 4.78 is 0. The Morgan fingerprint density at radius 2 is 2.00 bits per heavy atom. The number of halogens is 1. The Morgan fingerprint density at radius 1 is 1.41 bits per heavy atom. The molecule has 0 aromatic heterocycles. The van der Waals surface area contributed by atoms with E-state index in [1.165, 1.54) is 5.56 Å². The van der Waals surface area contributed by atoms with Gasteiger partial charge in [-0.05, 0) is 38.1 Å². The molecule has 0 fully saturated rings. The minimum absolute atomic E-state index is 0.214. The van der Waals surface area contributed by atoms with Crippen molar-refractivity contribution >= 4 is 17.6 Å². The lowest BCUT2D eigenvalue weighted by molar-refractivity contribution is -0.137. The van der Waals surface area contributed by atoms with Gasteiger partial charge in [0.25, 0.3) is 0 Å². The van der Waals surface area contributed by atoms with E-state index < -0.39 is 5.97 Å². The lowest BCUT2D eigenvalue weighted by Gasteiger charge is -2.24. The first-order chi connectivity index (χ1) is 7.99. The maximum Gasteiger partial charge on any atom is 0.303 e. The van der Waals surface area contributed by atoms with Crippen LogP contribution in [0.2, 0.25) is 5.02 Å². The molecule has 17 heavy (non-hydrogen) atoms. The van der Waals surface area contributed by atoms with E-state index in [-0.39, 0.29) is 12.5 Å². The van der Waals surface area contributed by atoms with Crippen molar-refractivity contribution in [2.45, 2.75) is 32.4 Å². The average Bonchev–Trinajstić information content (AvgIpc) is 2.28. The Hall–Kier alpha value is -1.06. The van der Waals surface area contributed by atoms with Gasteiger partial charge in [-0.25, -0.2) is 0 Å². The zero-order valence-corrected chi connectivity index (χ0v) is 10.9. The fourth-order valence-electron chi connectivity index (χ4n) is 1.59. The maximum atomic E-state index is 10.5.